The Morgan fingerprint density at radius 1 is 1.57 bits per heavy atom. The fourth-order valence-electron chi connectivity index (χ4n) is 1.01. The predicted molar refractivity (Wildman–Crippen MR) is 52.7 cm³/mol. The molecule has 0 spiro atoms. The van der Waals surface area contributed by atoms with Crippen molar-refractivity contribution in [1.29, 1.82) is 5.26 Å². The van der Waals surface area contributed by atoms with Crippen molar-refractivity contribution >= 4 is 17.2 Å². The molecule has 0 aliphatic rings. The fourth-order valence-corrected chi connectivity index (χ4v) is 1.54. The fraction of sp³-hybridized carbons (Fsp3) is 0.125. The zero-order valence-corrected chi connectivity index (χ0v) is 8.01. The van der Waals surface area contributed by atoms with Crippen molar-refractivity contribution in [1.82, 2.24) is 15.2 Å². The molecule has 0 bridgehead atoms. The summed E-state index contributed by atoms with van der Waals surface area (Å²) in [7, 11) is 0. The van der Waals surface area contributed by atoms with Crippen LogP contribution in [0, 0.1) is 11.3 Å². The van der Waals surface area contributed by atoms with Crippen LogP contribution in [0.4, 0.5) is 5.82 Å². The van der Waals surface area contributed by atoms with Crippen LogP contribution >= 0.6 is 11.3 Å². The minimum Gasteiger partial charge on any atom is -0.364 e. The van der Waals surface area contributed by atoms with E-state index in [2.05, 4.69) is 20.5 Å². The summed E-state index contributed by atoms with van der Waals surface area (Å²) in [4.78, 5) is 5.07. The molecule has 0 fully saturated rings. The zero-order chi connectivity index (χ0) is 9.80. The van der Waals surface area contributed by atoms with Gasteiger partial charge in [-0.2, -0.15) is 10.4 Å². The van der Waals surface area contributed by atoms with Crippen LogP contribution in [0.15, 0.2) is 17.9 Å². The van der Waals surface area contributed by atoms with E-state index in [0.717, 1.165) is 4.88 Å². The Bertz CT molecular complexity index is 438. The number of H-pyrrole nitrogens is 1. The second-order valence-electron chi connectivity index (χ2n) is 2.59. The van der Waals surface area contributed by atoms with Crippen LogP contribution in [-0.4, -0.2) is 15.2 Å². The molecular weight excluding hydrogens is 198 g/mol. The number of hydrogen-bond acceptors (Lipinski definition) is 5. The lowest BCUT2D eigenvalue weighted by Crippen LogP contribution is -1.99. The maximum atomic E-state index is 8.70. The molecule has 0 aliphatic heterocycles. The summed E-state index contributed by atoms with van der Waals surface area (Å²) in [6.45, 7) is 0.654. The van der Waals surface area contributed by atoms with E-state index >= 15 is 0 Å². The Labute approximate surface area is 84.4 Å². The molecule has 0 aromatic carbocycles. The molecule has 5 nitrogen and oxygen atoms in total. The van der Waals surface area contributed by atoms with Gasteiger partial charge in [0.05, 0.1) is 18.3 Å². The molecule has 2 aromatic rings. The molecule has 2 aromatic heterocycles. The molecule has 2 rings (SSSR count). The first-order valence-corrected chi connectivity index (χ1v) is 4.83. The highest BCUT2D eigenvalue weighted by molar-refractivity contribution is 7.09. The van der Waals surface area contributed by atoms with Gasteiger partial charge in [0.2, 0.25) is 0 Å². The lowest BCUT2D eigenvalue weighted by molar-refractivity contribution is 1.06. The van der Waals surface area contributed by atoms with Gasteiger partial charge in [-0.25, -0.2) is 0 Å². The van der Waals surface area contributed by atoms with Gasteiger partial charge in [-0.3, -0.25) is 10.1 Å². The highest BCUT2D eigenvalue weighted by Crippen LogP contribution is 2.12. The van der Waals surface area contributed by atoms with E-state index in [4.69, 9.17) is 5.26 Å². The van der Waals surface area contributed by atoms with Gasteiger partial charge in [-0.1, -0.05) is 0 Å². The maximum Gasteiger partial charge on any atom is 0.139 e. The van der Waals surface area contributed by atoms with Gasteiger partial charge >= 0.3 is 0 Å². The third-order valence-corrected chi connectivity index (χ3v) is 2.46. The SMILES string of the molecule is N#Cc1cn[nH]c1NCc1cncs1. The van der Waals surface area contributed by atoms with Crippen molar-refractivity contribution < 1.29 is 0 Å². The lowest BCUT2D eigenvalue weighted by Gasteiger charge is -2.00. The van der Waals surface area contributed by atoms with Crippen molar-refractivity contribution in [2.24, 2.45) is 0 Å². The Hall–Kier alpha value is -1.87. The number of aromatic amines is 1. The van der Waals surface area contributed by atoms with Crippen LogP contribution in [0.3, 0.4) is 0 Å². The van der Waals surface area contributed by atoms with Crippen molar-refractivity contribution in [2.45, 2.75) is 6.54 Å². The average molecular weight is 205 g/mol. The summed E-state index contributed by atoms with van der Waals surface area (Å²) in [5.74, 6) is 0.654. The molecule has 0 saturated carbocycles. The number of rotatable bonds is 3. The van der Waals surface area contributed by atoms with Gasteiger partial charge in [0.1, 0.15) is 17.5 Å². The van der Waals surface area contributed by atoms with E-state index in [1.54, 1.807) is 23.0 Å². The predicted octanol–water partition coefficient (Wildman–Crippen LogP) is 1.35. The molecular formula is C8H7N5S. The van der Waals surface area contributed by atoms with E-state index in [-0.39, 0.29) is 0 Å². The first kappa shape index (κ1) is 8.72. The molecule has 0 unspecified atom stereocenters. The number of nitrogens with zero attached hydrogens (tertiary/aromatic N) is 3. The van der Waals surface area contributed by atoms with Crippen LogP contribution < -0.4 is 5.32 Å². The summed E-state index contributed by atoms with van der Waals surface area (Å²) < 4.78 is 0. The summed E-state index contributed by atoms with van der Waals surface area (Å²) in [5.41, 5.74) is 2.30. The van der Waals surface area contributed by atoms with Crippen LogP contribution in [-0.2, 0) is 6.54 Å². The van der Waals surface area contributed by atoms with Gasteiger partial charge in [0.15, 0.2) is 0 Å². The van der Waals surface area contributed by atoms with E-state index in [1.165, 1.54) is 6.20 Å². The Balaban J connectivity index is 2.02. The summed E-state index contributed by atoms with van der Waals surface area (Å²) in [6, 6.07) is 2.04. The summed E-state index contributed by atoms with van der Waals surface area (Å²) >= 11 is 1.57. The van der Waals surface area contributed by atoms with Crippen LogP contribution in [0.1, 0.15) is 10.4 Å². The molecule has 2 N–H and O–H groups in total. The molecule has 0 radical (unpaired) electrons. The van der Waals surface area contributed by atoms with E-state index in [1.807, 2.05) is 6.07 Å². The monoisotopic (exact) mass is 205 g/mol. The molecule has 6 heteroatoms. The summed E-state index contributed by atoms with van der Waals surface area (Å²) in [5, 5.41) is 18.3. The first-order chi connectivity index (χ1) is 6.90. The molecule has 70 valence electrons. The highest BCUT2D eigenvalue weighted by Gasteiger charge is 2.03. The molecule has 0 saturated heterocycles. The van der Waals surface area contributed by atoms with Crippen LogP contribution in [0.2, 0.25) is 0 Å². The standard InChI is InChI=1S/C8H7N5S/c9-1-6-2-12-13-8(6)11-4-7-3-10-5-14-7/h2-3,5H,4H2,(H2,11,12,13). The second kappa shape index (κ2) is 3.89. The second-order valence-corrected chi connectivity index (χ2v) is 3.56. The summed E-state index contributed by atoms with van der Waals surface area (Å²) in [6.07, 6.45) is 3.29. The number of aromatic nitrogens is 3. The Morgan fingerprint density at radius 2 is 2.50 bits per heavy atom. The number of nitrogens with one attached hydrogen (secondary N) is 2. The van der Waals surface area contributed by atoms with E-state index in [0.29, 0.717) is 17.9 Å². The van der Waals surface area contributed by atoms with Gasteiger partial charge in [-0.15, -0.1) is 11.3 Å². The van der Waals surface area contributed by atoms with Crippen molar-refractivity contribution in [3.05, 3.63) is 28.3 Å². The number of nitriles is 1. The Kier molecular flexibility index (Phi) is 2.42. The van der Waals surface area contributed by atoms with Crippen molar-refractivity contribution in [3.8, 4) is 6.07 Å². The molecule has 0 amide bonds. The van der Waals surface area contributed by atoms with E-state index < -0.39 is 0 Å². The number of hydrogen-bond donors (Lipinski definition) is 2. The molecule has 14 heavy (non-hydrogen) atoms. The lowest BCUT2D eigenvalue weighted by atomic mass is 10.3. The topological polar surface area (TPSA) is 77.4 Å². The normalized spacial score (nSPS) is 9.64. The third kappa shape index (κ3) is 1.72. The van der Waals surface area contributed by atoms with Crippen LogP contribution in [0.25, 0.3) is 0 Å². The van der Waals surface area contributed by atoms with Crippen LogP contribution in [0.5, 0.6) is 0 Å². The highest BCUT2D eigenvalue weighted by atomic mass is 32.1. The number of anilines is 1. The van der Waals surface area contributed by atoms with Crippen molar-refractivity contribution in [2.75, 3.05) is 5.32 Å². The Morgan fingerprint density at radius 3 is 3.21 bits per heavy atom. The number of thiazole rings is 1. The van der Waals surface area contributed by atoms with Gasteiger partial charge in [-0.05, 0) is 0 Å². The minimum atomic E-state index is 0.523. The molecule has 0 aliphatic carbocycles. The average Bonchev–Trinajstić information content (AvgIpc) is 2.85. The molecule has 0 atom stereocenters. The van der Waals surface area contributed by atoms with Crippen molar-refractivity contribution in [3.63, 3.8) is 0 Å². The minimum absolute atomic E-state index is 0.523. The third-order valence-electron chi connectivity index (χ3n) is 1.68. The van der Waals surface area contributed by atoms with Gasteiger partial charge in [0.25, 0.3) is 0 Å². The van der Waals surface area contributed by atoms with Gasteiger partial charge in [0, 0.05) is 11.1 Å². The maximum absolute atomic E-state index is 8.70. The smallest absolute Gasteiger partial charge is 0.139 e. The zero-order valence-electron chi connectivity index (χ0n) is 7.19. The first-order valence-electron chi connectivity index (χ1n) is 3.95. The van der Waals surface area contributed by atoms with Gasteiger partial charge < -0.3 is 5.32 Å². The largest absolute Gasteiger partial charge is 0.364 e. The molecule has 2 heterocycles. The van der Waals surface area contributed by atoms with E-state index in [9.17, 15) is 0 Å². The quantitative estimate of drug-likeness (QED) is 0.792.